The molecule has 5 rings (SSSR count). The number of thiophene rings is 1. The lowest BCUT2D eigenvalue weighted by molar-refractivity contribution is 0.102. The Balaban J connectivity index is 1.60. The van der Waals surface area contributed by atoms with Crippen LogP contribution in [0.15, 0.2) is 42.0 Å². The second-order valence-electron chi connectivity index (χ2n) is 7.06. The number of anilines is 2. The van der Waals surface area contributed by atoms with Gasteiger partial charge in [-0.2, -0.15) is 0 Å². The third-order valence-electron chi connectivity index (χ3n) is 5.19. The summed E-state index contributed by atoms with van der Waals surface area (Å²) in [5, 5.41) is 4.74. The minimum atomic E-state index is -0.460. The van der Waals surface area contributed by atoms with Crippen molar-refractivity contribution in [2.24, 2.45) is 0 Å². The van der Waals surface area contributed by atoms with E-state index < -0.39 is 5.91 Å². The summed E-state index contributed by atoms with van der Waals surface area (Å²) in [5.41, 5.74) is 8.66. The number of hydrogen-bond donors (Lipinski definition) is 2. The van der Waals surface area contributed by atoms with Crippen LogP contribution in [-0.2, 0) is 0 Å². The number of carbonyl (C=O) groups is 1. The van der Waals surface area contributed by atoms with Crippen LogP contribution < -0.4 is 20.5 Å². The van der Waals surface area contributed by atoms with Crippen molar-refractivity contribution < 1.29 is 14.3 Å². The molecule has 1 amide bonds. The molecule has 5 aromatic rings. The Morgan fingerprint density at radius 1 is 1.12 bits per heavy atom. The standard InChI is InChI=1S/C22H16Cl2N6O3S/c1-32-13-7-14(33-2)16(24)18(15(13)23)29-21(31)10-8-34-19-17(10)26-9-27-20(19)30-12-6-4-3-5-11(12)28-22(30)25/h3-9H,1-2H3,(H2,25,28)(H,29,31). The van der Waals surface area contributed by atoms with Gasteiger partial charge in [0, 0.05) is 11.4 Å². The molecule has 0 radical (unpaired) electrons. The van der Waals surface area contributed by atoms with E-state index in [2.05, 4.69) is 20.3 Å². The number of fused-ring (bicyclic) bond motifs is 2. The summed E-state index contributed by atoms with van der Waals surface area (Å²) in [6.45, 7) is 0. The van der Waals surface area contributed by atoms with Gasteiger partial charge >= 0.3 is 0 Å². The number of methoxy groups -OCH3 is 2. The molecule has 0 aliphatic heterocycles. The number of aromatic nitrogens is 4. The predicted molar refractivity (Wildman–Crippen MR) is 134 cm³/mol. The first-order valence-corrected chi connectivity index (χ1v) is 11.4. The SMILES string of the molecule is COc1cc(OC)c(Cl)c(NC(=O)c2csc3c(-n4c(N)nc5ccccc54)ncnc23)c1Cl. The Bertz CT molecular complexity index is 1550. The topological polar surface area (TPSA) is 117 Å². The first-order chi connectivity index (χ1) is 16.4. The Hall–Kier alpha value is -3.60. The van der Waals surface area contributed by atoms with Gasteiger partial charge in [0.2, 0.25) is 5.95 Å². The van der Waals surface area contributed by atoms with E-state index in [1.165, 1.54) is 31.9 Å². The number of amides is 1. The van der Waals surface area contributed by atoms with Gasteiger partial charge in [0.05, 0.1) is 46.7 Å². The van der Waals surface area contributed by atoms with E-state index >= 15 is 0 Å². The summed E-state index contributed by atoms with van der Waals surface area (Å²) < 4.78 is 12.9. The van der Waals surface area contributed by atoms with Crippen LogP contribution in [0.25, 0.3) is 27.1 Å². The van der Waals surface area contributed by atoms with Crippen molar-refractivity contribution >= 4 is 73.3 Å². The van der Waals surface area contributed by atoms with Crippen molar-refractivity contribution in [3.63, 3.8) is 0 Å². The fourth-order valence-corrected chi connectivity index (χ4v) is 5.18. The Kier molecular flexibility index (Phi) is 5.64. The number of para-hydroxylation sites is 2. The lowest BCUT2D eigenvalue weighted by Gasteiger charge is -2.15. The molecule has 0 saturated heterocycles. The van der Waals surface area contributed by atoms with Gasteiger partial charge in [-0.05, 0) is 12.1 Å². The highest BCUT2D eigenvalue weighted by Crippen LogP contribution is 2.44. The van der Waals surface area contributed by atoms with Gasteiger partial charge in [0.15, 0.2) is 5.82 Å². The van der Waals surface area contributed by atoms with Crippen LogP contribution in [-0.4, -0.2) is 39.6 Å². The molecule has 0 atom stereocenters. The molecular weight excluding hydrogens is 499 g/mol. The molecule has 9 nitrogen and oxygen atoms in total. The summed E-state index contributed by atoms with van der Waals surface area (Å²) in [6.07, 6.45) is 1.38. The smallest absolute Gasteiger partial charge is 0.258 e. The van der Waals surface area contributed by atoms with Crippen LogP contribution in [0.1, 0.15) is 10.4 Å². The van der Waals surface area contributed by atoms with Gasteiger partial charge in [-0.1, -0.05) is 35.3 Å². The van der Waals surface area contributed by atoms with E-state index in [1.807, 2.05) is 24.3 Å². The molecule has 0 bridgehead atoms. The molecule has 172 valence electrons. The molecule has 12 heteroatoms. The molecular formula is C22H16Cl2N6O3S. The fraction of sp³-hybridized carbons (Fsp3) is 0.0909. The van der Waals surface area contributed by atoms with Crippen LogP contribution in [0, 0.1) is 0 Å². The lowest BCUT2D eigenvalue weighted by Crippen LogP contribution is -2.13. The molecule has 0 fully saturated rings. The maximum atomic E-state index is 13.3. The van der Waals surface area contributed by atoms with Crippen molar-refractivity contribution in [2.75, 3.05) is 25.3 Å². The van der Waals surface area contributed by atoms with Gasteiger partial charge in [-0.3, -0.25) is 9.36 Å². The maximum Gasteiger partial charge on any atom is 0.258 e. The first-order valence-electron chi connectivity index (χ1n) is 9.81. The van der Waals surface area contributed by atoms with Gasteiger partial charge in [0.1, 0.15) is 27.9 Å². The fourth-order valence-electron chi connectivity index (χ4n) is 3.60. The number of rotatable bonds is 5. The number of imidazole rings is 1. The Morgan fingerprint density at radius 3 is 2.53 bits per heavy atom. The molecule has 3 N–H and O–H groups in total. The second-order valence-corrected chi connectivity index (χ2v) is 8.69. The van der Waals surface area contributed by atoms with Gasteiger partial charge in [-0.25, -0.2) is 15.0 Å². The minimum Gasteiger partial charge on any atom is -0.495 e. The van der Waals surface area contributed by atoms with Crippen LogP contribution in [0.4, 0.5) is 11.6 Å². The average molecular weight is 515 g/mol. The number of nitrogens with zero attached hydrogens (tertiary/aromatic N) is 4. The molecule has 3 aromatic heterocycles. The molecule has 3 heterocycles. The van der Waals surface area contributed by atoms with Crippen LogP contribution in [0.3, 0.4) is 0 Å². The molecule has 0 aliphatic rings. The summed E-state index contributed by atoms with van der Waals surface area (Å²) in [4.78, 5) is 26.4. The third kappa shape index (κ3) is 3.47. The van der Waals surface area contributed by atoms with E-state index in [0.717, 1.165) is 11.0 Å². The van der Waals surface area contributed by atoms with Gasteiger partial charge in [0.25, 0.3) is 5.91 Å². The Morgan fingerprint density at radius 2 is 1.82 bits per heavy atom. The first kappa shape index (κ1) is 22.2. The summed E-state index contributed by atoms with van der Waals surface area (Å²) in [6, 6.07) is 9.07. The van der Waals surface area contributed by atoms with Crippen molar-refractivity contribution in [1.82, 2.24) is 19.5 Å². The molecule has 0 unspecified atom stereocenters. The number of nitrogen functional groups attached to an aromatic ring is 1. The van der Waals surface area contributed by atoms with E-state index in [1.54, 1.807) is 16.0 Å². The lowest BCUT2D eigenvalue weighted by atomic mass is 10.2. The van der Waals surface area contributed by atoms with E-state index in [4.69, 9.17) is 38.4 Å². The number of nitrogens with two attached hydrogens (primary N) is 1. The zero-order valence-electron chi connectivity index (χ0n) is 17.8. The number of nitrogens with one attached hydrogen (secondary N) is 1. The third-order valence-corrected chi connectivity index (χ3v) is 6.91. The predicted octanol–water partition coefficient (Wildman–Crippen LogP) is 5.19. The van der Waals surface area contributed by atoms with E-state index in [9.17, 15) is 4.79 Å². The molecule has 0 spiro atoms. The van der Waals surface area contributed by atoms with E-state index in [-0.39, 0.29) is 21.7 Å². The van der Waals surface area contributed by atoms with Crippen molar-refractivity contribution in [3.05, 3.63) is 57.6 Å². The normalized spacial score (nSPS) is 11.2. The van der Waals surface area contributed by atoms with Crippen molar-refractivity contribution in [2.45, 2.75) is 0 Å². The zero-order chi connectivity index (χ0) is 24.0. The highest BCUT2D eigenvalue weighted by molar-refractivity contribution is 7.18. The minimum absolute atomic E-state index is 0.147. The number of halogens is 2. The monoisotopic (exact) mass is 514 g/mol. The summed E-state index contributed by atoms with van der Waals surface area (Å²) in [5.74, 6) is 0.960. The zero-order valence-corrected chi connectivity index (χ0v) is 20.1. The number of hydrogen-bond acceptors (Lipinski definition) is 8. The average Bonchev–Trinajstić information content (AvgIpc) is 3.42. The van der Waals surface area contributed by atoms with Crippen LogP contribution in [0.2, 0.25) is 10.0 Å². The quantitative estimate of drug-likeness (QED) is 0.331. The Labute approximate surface area is 207 Å². The van der Waals surface area contributed by atoms with Crippen LogP contribution in [0.5, 0.6) is 11.5 Å². The molecule has 0 aliphatic carbocycles. The highest BCUT2D eigenvalue weighted by atomic mass is 35.5. The number of carbonyl (C=O) groups excluding carboxylic acids is 1. The van der Waals surface area contributed by atoms with Crippen molar-refractivity contribution in [1.29, 1.82) is 0 Å². The van der Waals surface area contributed by atoms with Gasteiger partial charge in [-0.15, -0.1) is 11.3 Å². The molecule has 2 aromatic carbocycles. The maximum absolute atomic E-state index is 13.3. The van der Waals surface area contributed by atoms with Crippen LogP contribution >= 0.6 is 34.5 Å². The van der Waals surface area contributed by atoms with Crippen molar-refractivity contribution in [3.8, 4) is 17.3 Å². The second kappa shape index (κ2) is 8.64. The molecule has 34 heavy (non-hydrogen) atoms. The highest BCUT2D eigenvalue weighted by Gasteiger charge is 2.23. The number of ether oxygens (including phenoxy) is 2. The largest absolute Gasteiger partial charge is 0.495 e. The summed E-state index contributed by atoms with van der Waals surface area (Å²) >= 11 is 14.1. The van der Waals surface area contributed by atoms with E-state index in [0.29, 0.717) is 33.1 Å². The van der Waals surface area contributed by atoms with Gasteiger partial charge < -0.3 is 20.5 Å². The molecule has 0 saturated carbocycles. The number of benzene rings is 2. The summed E-state index contributed by atoms with van der Waals surface area (Å²) in [7, 11) is 2.91.